The second-order valence-corrected chi connectivity index (χ2v) is 6.62. The second kappa shape index (κ2) is 4.18. The Bertz CT molecular complexity index is 477. The zero-order chi connectivity index (χ0) is 11.8. The van der Waals surface area contributed by atoms with Crippen LogP contribution in [0.1, 0.15) is 26.3 Å². The molecule has 0 radical (unpaired) electrons. The van der Waals surface area contributed by atoms with E-state index in [0.717, 1.165) is 10.8 Å². The molecule has 2 nitrogen and oxygen atoms in total. The Morgan fingerprint density at radius 1 is 1.25 bits per heavy atom. The van der Waals surface area contributed by atoms with Crippen molar-refractivity contribution in [2.75, 3.05) is 5.32 Å². The summed E-state index contributed by atoms with van der Waals surface area (Å²) in [6.45, 7) is 8.56. The zero-order valence-corrected chi connectivity index (χ0v) is 11.6. The Morgan fingerprint density at radius 3 is 2.56 bits per heavy atom. The first-order valence-electron chi connectivity index (χ1n) is 5.24. The molecule has 4 heteroatoms. The van der Waals surface area contributed by atoms with Crippen LogP contribution in [0, 0.1) is 6.92 Å². The first-order valence-corrected chi connectivity index (χ1v) is 7.00. The molecule has 0 aliphatic heterocycles. The quantitative estimate of drug-likeness (QED) is 0.857. The molecule has 0 aromatic carbocycles. The standard InChI is InChI=1S/C12H16N2S2/c1-8-5-6-15-10(8)9-7-16-11(13-9)14-12(2,3)4/h5-7H,1-4H3,(H,13,14). The Labute approximate surface area is 104 Å². The van der Waals surface area contributed by atoms with E-state index in [1.165, 1.54) is 10.4 Å². The van der Waals surface area contributed by atoms with Crippen molar-refractivity contribution in [3.63, 3.8) is 0 Å². The maximum Gasteiger partial charge on any atom is 0.183 e. The van der Waals surface area contributed by atoms with Crippen molar-refractivity contribution < 1.29 is 0 Å². The predicted octanol–water partition coefficient (Wildman–Crippen LogP) is 4.39. The van der Waals surface area contributed by atoms with E-state index in [0.29, 0.717) is 0 Å². The van der Waals surface area contributed by atoms with Gasteiger partial charge in [-0.25, -0.2) is 4.98 Å². The molecule has 2 rings (SSSR count). The Hall–Kier alpha value is -0.870. The van der Waals surface area contributed by atoms with Crippen molar-refractivity contribution >= 4 is 27.8 Å². The van der Waals surface area contributed by atoms with Crippen molar-refractivity contribution in [2.24, 2.45) is 0 Å². The number of aryl methyl sites for hydroxylation is 1. The summed E-state index contributed by atoms with van der Waals surface area (Å²) in [6, 6.07) is 2.14. The highest BCUT2D eigenvalue weighted by molar-refractivity contribution is 7.16. The molecule has 2 aromatic rings. The number of aromatic nitrogens is 1. The van der Waals surface area contributed by atoms with Gasteiger partial charge in [-0.1, -0.05) is 0 Å². The van der Waals surface area contributed by atoms with Crippen molar-refractivity contribution in [1.29, 1.82) is 0 Å². The van der Waals surface area contributed by atoms with Gasteiger partial charge in [0.2, 0.25) is 0 Å². The van der Waals surface area contributed by atoms with Crippen LogP contribution >= 0.6 is 22.7 Å². The third-order valence-electron chi connectivity index (χ3n) is 2.08. The SMILES string of the molecule is Cc1ccsc1-c1csc(NC(C)(C)C)n1. The van der Waals surface area contributed by atoms with Crippen LogP contribution < -0.4 is 5.32 Å². The van der Waals surface area contributed by atoms with E-state index in [2.05, 4.69) is 54.8 Å². The van der Waals surface area contributed by atoms with Gasteiger partial charge in [-0.3, -0.25) is 0 Å². The first kappa shape index (κ1) is 11.6. The highest BCUT2D eigenvalue weighted by atomic mass is 32.1. The van der Waals surface area contributed by atoms with Crippen molar-refractivity contribution in [2.45, 2.75) is 33.2 Å². The zero-order valence-electron chi connectivity index (χ0n) is 10.00. The lowest BCUT2D eigenvalue weighted by atomic mass is 10.1. The molecule has 0 atom stereocenters. The van der Waals surface area contributed by atoms with E-state index in [1.54, 1.807) is 22.7 Å². The summed E-state index contributed by atoms with van der Waals surface area (Å²) in [7, 11) is 0. The van der Waals surface area contributed by atoms with Gasteiger partial charge in [0.05, 0.1) is 10.6 Å². The number of nitrogens with one attached hydrogen (secondary N) is 1. The fourth-order valence-electron chi connectivity index (χ4n) is 1.39. The van der Waals surface area contributed by atoms with Crippen molar-refractivity contribution in [3.8, 4) is 10.6 Å². The number of hydrogen-bond acceptors (Lipinski definition) is 4. The lowest BCUT2D eigenvalue weighted by Gasteiger charge is -2.19. The molecule has 0 aliphatic rings. The highest BCUT2D eigenvalue weighted by Gasteiger charge is 2.13. The van der Waals surface area contributed by atoms with Crippen LogP contribution in [0.5, 0.6) is 0 Å². The molecule has 1 N–H and O–H groups in total. The largest absolute Gasteiger partial charge is 0.357 e. The molecule has 86 valence electrons. The lowest BCUT2D eigenvalue weighted by Crippen LogP contribution is -2.25. The molecular weight excluding hydrogens is 236 g/mol. The van der Waals surface area contributed by atoms with Gasteiger partial charge in [0, 0.05) is 10.9 Å². The van der Waals surface area contributed by atoms with Crippen LogP contribution in [0.4, 0.5) is 5.13 Å². The number of thiazole rings is 1. The van der Waals surface area contributed by atoms with Crippen LogP contribution in [0.3, 0.4) is 0 Å². The van der Waals surface area contributed by atoms with Gasteiger partial charge in [0.25, 0.3) is 0 Å². The lowest BCUT2D eigenvalue weighted by molar-refractivity contribution is 0.633. The average molecular weight is 252 g/mol. The highest BCUT2D eigenvalue weighted by Crippen LogP contribution is 2.32. The molecule has 0 amide bonds. The van der Waals surface area contributed by atoms with E-state index in [-0.39, 0.29) is 5.54 Å². The van der Waals surface area contributed by atoms with Gasteiger partial charge in [0.15, 0.2) is 5.13 Å². The van der Waals surface area contributed by atoms with Crippen LogP contribution in [0.15, 0.2) is 16.8 Å². The second-order valence-electron chi connectivity index (χ2n) is 4.85. The maximum absolute atomic E-state index is 4.62. The normalized spacial score (nSPS) is 11.8. The summed E-state index contributed by atoms with van der Waals surface area (Å²) in [6.07, 6.45) is 0. The summed E-state index contributed by atoms with van der Waals surface area (Å²) in [5.41, 5.74) is 2.46. The Morgan fingerprint density at radius 2 is 2.00 bits per heavy atom. The fourth-order valence-corrected chi connectivity index (χ4v) is 3.26. The van der Waals surface area contributed by atoms with Crippen molar-refractivity contribution in [1.82, 2.24) is 4.98 Å². The van der Waals surface area contributed by atoms with E-state index in [9.17, 15) is 0 Å². The first-order chi connectivity index (χ1) is 7.46. The Balaban J connectivity index is 2.24. The molecule has 0 saturated carbocycles. The van der Waals surface area contributed by atoms with Crippen LogP contribution in [0.25, 0.3) is 10.6 Å². The number of nitrogens with zero attached hydrogens (tertiary/aromatic N) is 1. The van der Waals surface area contributed by atoms with Gasteiger partial charge < -0.3 is 5.32 Å². The predicted molar refractivity (Wildman–Crippen MR) is 73.5 cm³/mol. The number of thiophene rings is 1. The van der Waals surface area contributed by atoms with E-state index in [4.69, 9.17) is 0 Å². The smallest absolute Gasteiger partial charge is 0.183 e. The molecule has 2 heterocycles. The third-order valence-corrected chi connectivity index (χ3v) is 3.88. The summed E-state index contributed by atoms with van der Waals surface area (Å²) in [4.78, 5) is 5.89. The van der Waals surface area contributed by atoms with Gasteiger partial charge in [-0.05, 0) is 44.7 Å². The number of rotatable bonds is 2. The number of anilines is 1. The van der Waals surface area contributed by atoms with Gasteiger partial charge >= 0.3 is 0 Å². The topological polar surface area (TPSA) is 24.9 Å². The summed E-state index contributed by atoms with van der Waals surface area (Å²) >= 11 is 3.42. The molecule has 0 aliphatic carbocycles. The summed E-state index contributed by atoms with van der Waals surface area (Å²) < 4.78 is 0. The minimum absolute atomic E-state index is 0.0691. The molecule has 0 fully saturated rings. The van der Waals surface area contributed by atoms with Crippen molar-refractivity contribution in [3.05, 3.63) is 22.4 Å². The minimum Gasteiger partial charge on any atom is -0.357 e. The molecule has 16 heavy (non-hydrogen) atoms. The molecule has 2 aromatic heterocycles. The maximum atomic E-state index is 4.62. The molecule has 0 spiro atoms. The molecular formula is C12H16N2S2. The molecule has 0 saturated heterocycles. The van der Waals surface area contributed by atoms with Gasteiger partial charge in [-0.2, -0.15) is 0 Å². The summed E-state index contributed by atoms with van der Waals surface area (Å²) in [5, 5.41) is 8.62. The van der Waals surface area contributed by atoms with E-state index < -0.39 is 0 Å². The molecule has 0 bridgehead atoms. The van der Waals surface area contributed by atoms with Crippen LogP contribution in [-0.4, -0.2) is 10.5 Å². The average Bonchev–Trinajstić information content (AvgIpc) is 2.71. The fraction of sp³-hybridized carbons (Fsp3) is 0.417. The van der Waals surface area contributed by atoms with Crippen LogP contribution in [-0.2, 0) is 0 Å². The number of hydrogen-bond donors (Lipinski definition) is 1. The van der Waals surface area contributed by atoms with E-state index >= 15 is 0 Å². The molecule has 0 unspecified atom stereocenters. The summed E-state index contributed by atoms with van der Waals surface area (Å²) in [5.74, 6) is 0. The monoisotopic (exact) mass is 252 g/mol. The van der Waals surface area contributed by atoms with Gasteiger partial charge in [0.1, 0.15) is 0 Å². The van der Waals surface area contributed by atoms with Gasteiger partial charge in [-0.15, -0.1) is 22.7 Å². The van der Waals surface area contributed by atoms with E-state index in [1.807, 2.05) is 0 Å². The Kier molecular flexibility index (Phi) is 3.04. The third kappa shape index (κ3) is 2.62. The van der Waals surface area contributed by atoms with Crippen LogP contribution in [0.2, 0.25) is 0 Å². The minimum atomic E-state index is 0.0691.